The average molecular weight is 229 g/mol. The number of benzene rings is 1. The van der Waals surface area contributed by atoms with Crippen molar-refractivity contribution < 1.29 is 14.0 Å². The third kappa shape index (κ3) is 2.26. The zero-order valence-corrected chi connectivity index (χ0v) is 10.3. The second-order valence-corrected chi connectivity index (χ2v) is 6.77. The molecule has 0 aliphatic carbocycles. The molecule has 0 aliphatic heterocycles. The van der Waals surface area contributed by atoms with Crippen LogP contribution in [0.4, 0.5) is 5.69 Å². The van der Waals surface area contributed by atoms with Crippen molar-refractivity contribution in [2.24, 2.45) is 0 Å². The third-order valence-electron chi connectivity index (χ3n) is 2.11. The Hall–Kier alpha value is -1.15. The van der Waals surface area contributed by atoms with Crippen LogP contribution in [0.25, 0.3) is 0 Å². The molecule has 0 heterocycles. The molecule has 0 unspecified atom stereocenters. The zero-order valence-electron chi connectivity index (χ0n) is 9.40. The first-order valence-corrected chi connectivity index (χ1v) is 7.08. The SMILES string of the molecule is COc1c(N)ccc(P(C)(C)=O)c1OC. The fourth-order valence-electron chi connectivity index (χ4n) is 1.40. The van der Waals surface area contributed by atoms with Crippen molar-refractivity contribution in [1.29, 1.82) is 0 Å². The first-order chi connectivity index (χ1) is 6.91. The number of nitrogens with two attached hydrogens (primary N) is 1. The molecule has 0 spiro atoms. The van der Waals surface area contributed by atoms with Crippen LogP contribution in [0.3, 0.4) is 0 Å². The van der Waals surface area contributed by atoms with Gasteiger partial charge >= 0.3 is 0 Å². The standard InChI is InChI=1S/C10H16NO3P/c1-13-9-7(11)5-6-8(10(9)14-2)15(3,4)12/h5-6H,11H2,1-4H3. The molecule has 0 saturated heterocycles. The highest BCUT2D eigenvalue weighted by Gasteiger charge is 2.21. The Morgan fingerprint density at radius 2 is 1.67 bits per heavy atom. The molecule has 1 rings (SSSR count). The van der Waals surface area contributed by atoms with Crippen LogP contribution in [0.5, 0.6) is 11.5 Å². The largest absolute Gasteiger partial charge is 0.492 e. The molecule has 0 aromatic heterocycles. The summed E-state index contributed by atoms with van der Waals surface area (Å²) in [6.45, 7) is 3.36. The maximum absolute atomic E-state index is 12.0. The maximum Gasteiger partial charge on any atom is 0.184 e. The molecule has 0 atom stereocenters. The number of hydrogen-bond acceptors (Lipinski definition) is 4. The summed E-state index contributed by atoms with van der Waals surface area (Å²) in [5.41, 5.74) is 6.20. The van der Waals surface area contributed by atoms with Gasteiger partial charge in [0.1, 0.15) is 7.14 Å². The van der Waals surface area contributed by atoms with Crippen LogP contribution in [0.2, 0.25) is 0 Å². The lowest BCUT2D eigenvalue weighted by molar-refractivity contribution is 0.359. The quantitative estimate of drug-likeness (QED) is 0.630. The van der Waals surface area contributed by atoms with Crippen LogP contribution in [0.15, 0.2) is 12.1 Å². The van der Waals surface area contributed by atoms with Gasteiger partial charge in [0.05, 0.1) is 25.2 Å². The lowest BCUT2D eigenvalue weighted by atomic mass is 10.3. The van der Waals surface area contributed by atoms with Crippen molar-refractivity contribution in [2.75, 3.05) is 33.3 Å². The molecular formula is C10H16NO3P. The number of methoxy groups -OCH3 is 2. The molecule has 0 saturated carbocycles. The van der Waals surface area contributed by atoms with Gasteiger partial charge in [-0.15, -0.1) is 0 Å². The van der Waals surface area contributed by atoms with Gasteiger partial charge in [0, 0.05) is 0 Å². The van der Waals surface area contributed by atoms with Gasteiger partial charge < -0.3 is 19.8 Å². The predicted octanol–water partition coefficient (Wildman–Crippen LogP) is 1.53. The Kier molecular flexibility index (Phi) is 3.30. The number of hydrogen-bond donors (Lipinski definition) is 1. The number of rotatable bonds is 3. The average Bonchev–Trinajstić information content (AvgIpc) is 2.15. The van der Waals surface area contributed by atoms with E-state index < -0.39 is 7.14 Å². The van der Waals surface area contributed by atoms with E-state index in [1.807, 2.05) is 0 Å². The van der Waals surface area contributed by atoms with Gasteiger partial charge in [-0.05, 0) is 25.5 Å². The summed E-state index contributed by atoms with van der Waals surface area (Å²) in [5, 5.41) is 0.649. The van der Waals surface area contributed by atoms with E-state index in [0.717, 1.165) is 0 Å². The van der Waals surface area contributed by atoms with Crippen molar-refractivity contribution in [3.05, 3.63) is 12.1 Å². The first kappa shape index (κ1) is 11.9. The normalized spacial score (nSPS) is 11.2. The van der Waals surface area contributed by atoms with Gasteiger partial charge in [0.15, 0.2) is 11.5 Å². The second-order valence-electron chi connectivity index (χ2n) is 3.59. The van der Waals surface area contributed by atoms with E-state index in [2.05, 4.69) is 0 Å². The lowest BCUT2D eigenvalue weighted by Gasteiger charge is -2.16. The zero-order chi connectivity index (χ0) is 11.6. The molecule has 1 aromatic carbocycles. The minimum atomic E-state index is -2.39. The summed E-state index contributed by atoms with van der Waals surface area (Å²) < 4.78 is 22.3. The minimum Gasteiger partial charge on any atom is -0.492 e. The Bertz CT molecular complexity index is 411. The van der Waals surface area contributed by atoms with E-state index in [9.17, 15) is 4.57 Å². The van der Waals surface area contributed by atoms with E-state index in [0.29, 0.717) is 22.5 Å². The van der Waals surface area contributed by atoms with E-state index >= 15 is 0 Å². The lowest BCUT2D eigenvalue weighted by Crippen LogP contribution is -2.10. The van der Waals surface area contributed by atoms with E-state index in [1.165, 1.54) is 14.2 Å². The Morgan fingerprint density at radius 1 is 1.13 bits per heavy atom. The summed E-state index contributed by atoms with van der Waals surface area (Å²) in [6, 6.07) is 3.40. The summed E-state index contributed by atoms with van der Waals surface area (Å²) in [5.74, 6) is 0.907. The molecular weight excluding hydrogens is 213 g/mol. The molecule has 0 radical (unpaired) electrons. The van der Waals surface area contributed by atoms with E-state index in [-0.39, 0.29) is 0 Å². The Morgan fingerprint density at radius 3 is 2.07 bits per heavy atom. The number of nitrogen functional groups attached to an aromatic ring is 1. The van der Waals surface area contributed by atoms with Crippen LogP contribution in [-0.4, -0.2) is 27.5 Å². The maximum atomic E-state index is 12.0. The molecule has 2 N–H and O–H groups in total. The van der Waals surface area contributed by atoms with Gasteiger partial charge in [0.2, 0.25) is 0 Å². The predicted molar refractivity (Wildman–Crippen MR) is 63.0 cm³/mol. The Labute approximate surface area is 89.7 Å². The summed E-state index contributed by atoms with van der Waals surface area (Å²) >= 11 is 0. The summed E-state index contributed by atoms with van der Waals surface area (Å²) in [7, 11) is 0.626. The molecule has 5 heteroatoms. The molecule has 0 amide bonds. The van der Waals surface area contributed by atoms with Gasteiger partial charge in [-0.3, -0.25) is 0 Å². The van der Waals surface area contributed by atoms with Crippen LogP contribution >= 0.6 is 7.14 Å². The highest BCUT2D eigenvalue weighted by Crippen LogP contribution is 2.43. The monoisotopic (exact) mass is 229 g/mol. The molecule has 0 bridgehead atoms. The van der Waals surface area contributed by atoms with Gasteiger partial charge in [-0.1, -0.05) is 0 Å². The highest BCUT2D eigenvalue weighted by atomic mass is 31.2. The minimum absolute atomic E-state index is 0.443. The molecule has 84 valence electrons. The molecule has 0 fully saturated rings. The van der Waals surface area contributed by atoms with Crippen molar-refractivity contribution in [1.82, 2.24) is 0 Å². The van der Waals surface area contributed by atoms with Crippen LogP contribution in [-0.2, 0) is 4.57 Å². The number of anilines is 1. The topological polar surface area (TPSA) is 61.5 Å². The smallest absolute Gasteiger partial charge is 0.184 e. The van der Waals surface area contributed by atoms with Crippen LogP contribution in [0.1, 0.15) is 0 Å². The summed E-state index contributed by atoms with van der Waals surface area (Å²) in [6.07, 6.45) is 0. The van der Waals surface area contributed by atoms with Gasteiger partial charge in [-0.25, -0.2) is 0 Å². The summed E-state index contributed by atoms with van der Waals surface area (Å²) in [4.78, 5) is 0. The molecule has 1 aromatic rings. The molecule has 4 nitrogen and oxygen atoms in total. The van der Waals surface area contributed by atoms with Crippen molar-refractivity contribution in [3.63, 3.8) is 0 Å². The third-order valence-corrected chi connectivity index (χ3v) is 3.62. The van der Waals surface area contributed by atoms with Crippen molar-refractivity contribution in [3.8, 4) is 11.5 Å². The molecule has 15 heavy (non-hydrogen) atoms. The van der Waals surface area contributed by atoms with Crippen molar-refractivity contribution in [2.45, 2.75) is 0 Å². The van der Waals surface area contributed by atoms with E-state index in [1.54, 1.807) is 25.5 Å². The van der Waals surface area contributed by atoms with Crippen molar-refractivity contribution >= 4 is 18.1 Å². The molecule has 0 aliphatic rings. The first-order valence-electron chi connectivity index (χ1n) is 4.47. The number of ether oxygens (including phenoxy) is 2. The van der Waals surface area contributed by atoms with E-state index in [4.69, 9.17) is 15.2 Å². The fourth-order valence-corrected chi connectivity index (χ4v) is 2.51. The Balaban J connectivity index is 3.49. The van der Waals surface area contributed by atoms with Gasteiger partial charge in [-0.2, -0.15) is 0 Å². The van der Waals surface area contributed by atoms with Gasteiger partial charge in [0.25, 0.3) is 0 Å². The van der Waals surface area contributed by atoms with Crippen LogP contribution in [0, 0.1) is 0 Å². The highest BCUT2D eigenvalue weighted by molar-refractivity contribution is 7.70. The second kappa shape index (κ2) is 4.15. The van der Waals surface area contributed by atoms with Crippen LogP contribution < -0.4 is 20.5 Å². The fraction of sp³-hybridized carbons (Fsp3) is 0.400.